The van der Waals surface area contributed by atoms with E-state index >= 15 is 0 Å². The van der Waals surface area contributed by atoms with Gasteiger partial charge in [0.15, 0.2) is 0 Å². The summed E-state index contributed by atoms with van der Waals surface area (Å²) < 4.78 is 16.7. The molecule has 2 aliphatic rings. The molecule has 5 atom stereocenters. The van der Waals surface area contributed by atoms with E-state index in [4.69, 9.17) is 14.2 Å². The van der Waals surface area contributed by atoms with E-state index in [1.807, 2.05) is 19.9 Å². The number of hydrogen-bond acceptors (Lipinski definition) is 6. The number of carbonyl (C=O) groups is 3. The van der Waals surface area contributed by atoms with E-state index in [2.05, 4.69) is 6.58 Å². The Hall–Kier alpha value is -2.37. The van der Waals surface area contributed by atoms with Gasteiger partial charge in [-0.05, 0) is 57.6 Å². The lowest BCUT2D eigenvalue weighted by Gasteiger charge is -2.30. The lowest BCUT2D eigenvalue weighted by atomic mass is 9.82. The molecule has 1 aliphatic heterocycles. The largest absolute Gasteiger partial charge is 0.459 e. The van der Waals surface area contributed by atoms with Crippen LogP contribution in [0.1, 0.15) is 53.9 Å². The monoisotopic (exact) mass is 390 g/mol. The summed E-state index contributed by atoms with van der Waals surface area (Å²) in [5.41, 5.74) is 1.77. The highest BCUT2D eigenvalue weighted by Gasteiger charge is 2.41. The van der Waals surface area contributed by atoms with Gasteiger partial charge in [-0.25, -0.2) is 9.59 Å². The Morgan fingerprint density at radius 3 is 2.54 bits per heavy atom. The maximum absolute atomic E-state index is 12.3. The molecular weight excluding hydrogens is 360 g/mol. The van der Waals surface area contributed by atoms with E-state index in [0.717, 1.165) is 5.57 Å². The minimum absolute atomic E-state index is 0.0155. The number of esters is 3. The van der Waals surface area contributed by atoms with Gasteiger partial charge in [-0.3, -0.25) is 4.79 Å². The second-order valence-corrected chi connectivity index (χ2v) is 7.72. The van der Waals surface area contributed by atoms with E-state index in [9.17, 15) is 14.4 Å². The van der Waals surface area contributed by atoms with Crippen molar-refractivity contribution in [1.82, 2.24) is 0 Å². The van der Waals surface area contributed by atoms with Gasteiger partial charge < -0.3 is 14.2 Å². The van der Waals surface area contributed by atoms with E-state index in [0.29, 0.717) is 30.4 Å². The molecule has 1 heterocycles. The van der Waals surface area contributed by atoms with Crippen LogP contribution in [-0.4, -0.2) is 36.2 Å². The molecule has 0 aromatic heterocycles. The molecule has 28 heavy (non-hydrogen) atoms. The van der Waals surface area contributed by atoms with E-state index < -0.39 is 24.3 Å². The molecule has 2 rings (SSSR count). The average molecular weight is 390 g/mol. The lowest BCUT2D eigenvalue weighted by Crippen LogP contribution is -2.33. The number of carbonyl (C=O) groups excluding carboxylic acids is 3. The van der Waals surface area contributed by atoms with E-state index in [-0.39, 0.29) is 23.8 Å². The molecule has 0 aromatic rings. The second kappa shape index (κ2) is 9.22. The van der Waals surface area contributed by atoms with Gasteiger partial charge in [-0.15, -0.1) is 0 Å². The fraction of sp³-hybridized carbons (Fsp3) is 0.591. The first-order valence-corrected chi connectivity index (χ1v) is 9.73. The number of hydrogen-bond donors (Lipinski definition) is 0. The first-order chi connectivity index (χ1) is 13.1. The van der Waals surface area contributed by atoms with Gasteiger partial charge in [-0.1, -0.05) is 19.6 Å². The van der Waals surface area contributed by atoms with Crippen molar-refractivity contribution in [3.8, 4) is 0 Å². The zero-order valence-corrected chi connectivity index (χ0v) is 17.3. The van der Waals surface area contributed by atoms with Crippen LogP contribution in [0.2, 0.25) is 0 Å². The van der Waals surface area contributed by atoms with Gasteiger partial charge in [0.25, 0.3) is 0 Å². The topological polar surface area (TPSA) is 78.9 Å². The summed E-state index contributed by atoms with van der Waals surface area (Å²) in [7, 11) is 0. The van der Waals surface area contributed by atoms with Crippen molar-refractivity contribution in [2.75, 3.05) is 0 Å². The van der Waals surface area contributed by atoms with Crippen molar-refractivity contribution in [3.63, 3.8) is 0 Å². The SMILES string of the molecule is C=C1C(=O)O[C@@H]2/C=C(\C)C(OC(C)=O)CC[C@@H](C)[C@@H](OC(=O)/C(C)=C\C)CC12. The molecule has 154 valence electrons. The highest BCUT2D eigenvalue weighted by Crippen LogP contribution is 2.37. The number of allylic oxidation sites excluding steroid dienone is 1. The first-order valence-electron chi connectivity index (χ1n) is 9.73. The molecule has 1 aliphatic carbocycles. The predicted molar refractivity (Wildman–Crippen MR) is 104 cm³/mol. The molecule has 6 nitrogen and oxygen atoms in total. The van der Waals surface area contributed by atoms with Crippen molar-refractivity contribution in [3.05, 3.63) is 35.5 Å². The van der Waals surface area contributed by atoms with Crippen LogP contribution >= 0.6 is 0 Å². The smallest absolute Gasteiger partial charge is 0.334 e. The number of ether oxygens (including phenoxy) is 3. The maximum Gasteiger partial charge on any atom is 0.334 e. The van der Waals surface area contributed by atoms with Crippen molar-refractivity contribution in [2.45, 2.75) is 72.2 Å². The summed E-state index contributed by atoms with van der Waals surface area (Å²) >= 11 is 0. The van der Waals surface area contributed by atoms with Crippen molar-refractivity contribution >= 4 is 17.9 Å². The van der Waals surface area contributed by atoms with Crippen LogP contribution in [0, 0.1) is 11.8 Å². The normalized spacial score (nSPS) is 33.2. The van der Waals surface area contributed by atoms with Crippen LogP contribution in [0.3, 0.4) is 0 Å². The van der Waals surface area contributed by atoms with Crippen LogP contribution in [0.25, 0.3) is 0 Å². The molecular formula is C22H30O6. The van der Waals surface area contributed by atoms with Gasteiger partial charge in [-0.2, -0.15) is 0 Å². The number of fused-ring (bicyclic) bond motifs is 1. The molecule has 0 bridgehead atoms. The fourth-order valence-electron chi connectivity index (χ4n) is 3.60. The lowest BCUT2D eigenvalue weighted by molar-refractivity contribution is -0.149. The highest BCUT2D eigenvalue weighted by atomic mass is 16.6. The third-order valence-corrected chi connectivity index (χ3v) is 5.61. The fourth-order valence-corrected chi connectivity index (χ4v) is 3.60. The van der Waals surface area contributed by atoms with Crippen LogP contribution in [0.15, 0.2) is 35.5 Å². The van der Waals surface area contributed by atoms with E-state index in [1.54, 1.807) is 19.9 Å². The Balaban J connectivity index is 2.35. The standard InChI is InChI=1S/C22H30O6/c1-7-12(2)21(24)27-19-11-17-15(5)22(25)28-20(17)10-14(4)18(26-16(6)23)9-8-13(19)3/h7,10,13,17-20H,5,8-9,11H2,1-4,6H3/b12-7-,14-10+/t13-,17?,18?,19+,20-/m1/s1. The molecule has 6 heteroatoms. The van der Waals surface area contributed by atoms with Crippen molar-refractivity contribution in [1.29, 1.82) is 0 Å². The third kappa shape index (κ3) is 5.12. The molecule has 1 saturated heterocycles. The van der Waals surface area contributed by atoms with Gasteiger partial charge in [0, 0.05) is 24.0 Å². The van der Waals surface area contributed by atoms with Gasteiger partial charge in [0.1, 0.15) is 18.3 Å². The van der Waals surface area contributed by atoms with Crippen LogP contribution in [0.5, 0.6) is 0 Å². The quantitative estimate of drug-likeness (QED) is 0.317. The molecule has 0 radical (unpaired) electrons. The molecule has 0 amide bonds. The maximum atomic E-state index is 12.3. The minimum Gasteiger partial charge on any atom is -0.459 e. The Morgan fingerprint density at radius 2 is 1.93 bits per heavy atom. The Morgan fingerprint density at radius 1 is 1.25 bits per heavy atom. The summed E-state index contributed by atoms with van der Waals surface area (Å²) in [5, 5.41) is 0. The molecule has 0 saturated carbocycles. The Bertz CT molecular complexity index is 717. The first kappa shape index (κ1) is 21.9. The number of rotatable bonds is 3. The van der Waals surface area contributed by atoms with Gasteiger partial charge in [0.2, 0.25) is 0 Å². The third-order valence-electron chi connectivity index (χ3n) is 5.61. The highest BCUT2D eigenvalue weighted by molar-refractivity contribution is 5.91. The zero-order chi connectivity index (χ0) is 21.0. The minimum atomic E-state index is -0.507. The summed E-state index contributed by atoms with van der Waals surface area (Å²) in [6.45, 7) is 12.6. The molecule has 1 fully saturated rings. The second-order valence-electron chi connectivity index (χ2n) is 7.72. The molecule has 0 spiro atoms. The summed E-state index contributed by atoms with van der Waals surface area (Å²) in [4.78, 5) is 36.0. The molecule has 0 aromatic carbocycles. The van der Waals surface area contributed by atoms with Crippen molar-refractivity contribution < 1.29 is 28.6 Å². The van der Waals surface area contributed by atoms with E-state index in [1.165, 1.54) is 6.92 Å². The Kier molecular flexibility index (Phi) is 7.22. The molecule has 0 N–H and O–H groups in total. The van der Waals surface area contributed by atoms with Crippen LogP contribution in [-0.2, 0) is 28.6 Å². The molecule has 2 unspecified atom stereocenters. The van der Waals surface area contributed by atoms with Crippen molar-refractivity contribution in [2.24, 2.45) is 11.8 Å². The summed E-state index contributed by atoms with van der Waals surface area (Å²) in [5.74, 6) is -1.44. The van der Waals surface area contributed by atoms with Crippen LogP contribution < -0.4 is 0 Å². The van der Waals surface area contributed by atoms with Gasteiger partial charge >= 0.3 is 17.9 Å². The summed E-state index contributed by atoms with van der Waals surface area (Å²) in [6.07, 6.45) is 4.00. The Labute approximate surface area is 166 Å². The average Bonchev–Trinajstić information content (AvgIpc) is 2.89. The zero-order valence-electron chi connectivity index (χ0n) is 17.3. The van der Waals surface area contributed by atoms with Gasteiger partial charge in [0.05, 0.1) is 0 Å². The summed E-state index contributed by atoms with van der Waals surface area (Å²) in [6, 6.07) is 0. The van der Waals surface area contributed by atoms with Crippen LogP contribution in [0.4, 0.5) is 0 Å². The predicted octanol–water partition coefficient (Wildman–Crippen LogP) is 3.66.